The number of amides is 1. The average Bonchev–Trinajstić information content (AvgIpc) is 2.85. The molecule has 34 heavy (non-hydrogen) atoms. The number of nitrogens with zero attached hydrogens (tertiary/aromatic N) is 4. The Hall–Kier alpha value is -3.13. The van der Waals surface area contributed by atoms with Gasteiger partial charge in [-0.1, -0.05) is 41.4 Å². The summed E-state index contributed by atoms with van der Waals surface area (Å²) in [6.45, 7) is 1.44. The van der Waals surface area contributed by atoms with Crippen molar-refractivity contribution in [1.29, 1.82) is 0 Å². The van der Waals surface area contributed by atoms with Gasteiger partial charge in [0.05, 0.1) is 16.6 Å². The minimum absolute atomic E-state index is 0.0693. The summed E-state index contributed by atoms with van der Waals surface area (Å²) in [7, 11) is 0. The molecule has 2 aromatic heterocycles. The lowest BCUT2D eigenvalue weighted by Crippen LogP contribution is -2.49. The molecule has 0 saturated carbocycles. The van der Waals surface area contributed by atoms with Crippen molar-refractivity contribution in [3.05, 3.63) is 82.6 Å². The molecule has 0 unspecified atom stereocenters. The van der Waals surface area contributed by atoms with Gasteiger partial charge in [0.1, 0.15) is 17.3 Å². The number of halogens is 3. The van der Waals surface area contributed by atoms with Crippen LogP contribution in [0.1, 0.15) is 23.2 Å². The summed E-state index contributed by atoms with van der Waals surface area (Å²) in [5.41, 5.74) is 0.711. The Labute approximate surface area is 205 Å². The fourth-order valence-corrected chi connectivity index (χ4v) is 4.80. The first-order valence-corrected chi connectivity index (χ1v) is 11.6. The highest BCUT2D eigenvalue weighted by Gasteiger charge is 2.32. The Morgan fingerprint density at radius 3 is 2.68 bits per heavy atom. The van der Waals surface area contributed by atoms with E-state index in [1.54, 1.807) is 23.2 Å². The number of carbonyl (C=O) groups is 1. The quantitative estimate of drug-likeness (QED) is 0.402. The SMILES string of the molecule is O=C(c1ccc(-c2nccnc2Cl)cc1F)N(c1nccc2cccc(Cl)c12)[C@@H]1CCCNC1. The van der Waals surface area contributed by atoms with Crippen LogP contribution in [-0.2, 0) is 0 Å². The van der Waals surface area contributed by atoms with E-state index in [-0.39, 0.29) is 16.8 Å². The second-order valence-electron chi connectivity index (χ2n) is 8.04. The van der Waals surface area contributed by atoms with Crippen LogP contribution in [0.5, 0.6) is 0 Å². The predicted molar refractivity (Wildman–Crippen MR) is 132 cm³/mol. The van der Waals surface area contributed by atoms with Gasteiger partial charge in [-0.2, -0.15) is 0 Å². The van der Waals surface area contributed by atoms with Crippen molar-refractivity contribution in [3.8, 4) is 11.3 Å². The molecule has 2 aromatic carbocycles. The molecule has 1 aliphatic rings. The maximum absolute atomic E-state index is 15.4. The van der Waals surface area contributed by atoms with Crippen molar-refractivity contribution in [3.63, 3.8) is 0 Å². The minimum Gasteiger partial charge on any atom is -0.315 e. The highest BCUT2D eigenvalue weighted by molar-refractivity contribution is 6.37. The highest BCUT2D eigenvalue weighted by Crippen LogP contribution is 2.34. The first kappa shape index (κ1) is 22.7. The monoisotopic (exact) mass is 495 g/mol. The Kier molecular flexibility index (Phi) is 6.41. The molecule has 0 aliphatic carbocycles. The van der Waals surface area contributed by atoms with Crippen LogP contribution in [0.3, 0.4) is 0 Å². The van der Waals surface area contributed by atoms with Crippen molar-refractivity contribution in [2.45, 2.75) is 18.9 Å². The topological polar surface area (TPSA) is 71.0 Å². The van der Waals surface area contributed by atoms with Crippen LogP contribution >= 0.6 is 23.2 Å². The third-order valence-corrected chi connectivity index (χ3v) is 6.52. The largest absolute Gasteiger partial charge is 0.315 e. The van der Waals surface area contributed by atoms with E-state index in [0.29, 0.717) is 34.0 Å². The van der Waals surface area contributed by atoms with Gasteiger partial charge >= 0.3 is 0 Å². The molecule has 1 fully saturated rings. The van der Waals surface area contributed by atoms with Gasteiger partial charge in [0.25, 0.3) is 5.91 Å². The number of pyridine rings is 1. The summed E-state index contributed by atoms with van der Waals surface area (Å²) in [5, 5.41) is 5.48. The van der Waals surface area contributed by atoms with Gasteiger partial charge in [0, 0.05) is 36.1 Å². The van der Waals surface area contributed by atoms with Crippen LogP contribution in [0.25, 0.3) is 22.0 Å². The smallest absolute Gasteiger partial charge is 0.262 e. The van der Waals surface area contributed by atoms with Crippen LogP contribution in [-0.4, -0.2) is 40.0 Å². The summed E-state index contributed by atoms with van der Waals surface area (Å²) in [4.78, 5) is 28.1. The van der Waals surface area contributed by atoms with Crippen LogP contribution in [0.15, 0.2) is 61.1 Å². The molecule has 1 N–H and O–H groups in total. The lowest BCUT2D eigenvalue weighted by atomic mass is 10.0. The maximum Gasteiger partial charge on any atom is 0.262 e. The molecule has 5 rings (SSSR count). The molecular weight excluding hydrogens is 476 g/mol. The summed E-state index contributed by atoms with van der Waals surface area (Å²) < 4.78 is 15.4. The predicted octanol–water partition coefficient (Wildman–Crippen LogP) is 5.54. The number of nitrogens with one attached hydrogen (secondary N) is 1. The Balaban J connectivity index is 1.61. The van der Waals surface area contributed by atoms with Gasteiger partial charge in [0.2, 0.25) is 0 Å². The number of aromatic nitrogens is 3. The van der Waals surface area contributed by atoms with Crippen LogP contribution in [0.2, 0.25) is 10.2 Å². The van der Waals surface area contributed by atoms with Crippen LogP contribution in [0, 0.1) is 5.82 Å². The van der Waals surface area contributed by atoms with Crippen molar-refractivity contribution < 1.29 is 9.18 Å². The number of anilines is 1. The number of hydrogen-bond acceptors (Lipinski definition) is 5. The number of hydrogen-bond donors (Lipinski definition) is 1. The Bertz CT molecular complexity index is 1370. The van der Waals surface area contributed by atoms with Gasteiger partial charge in [-0.25, -0.2) is 14.4 Å². The zero-order valence-electron chi connectivity index (χ0n) is 18.0. The lowest BCUT2D eigenvalue weighted by molar-refractivity contribution is 0.0968. The number of piperidine rings is 1. The maximum atomic E-state index is 15.4. The molecule has 3 heterocycles. The number of rotatable bonds is 4. The van der Waals surface area contributed by atoms with E-state index in [9.17, 15) is 4.79 Å². The molecule has 4 aromatic rings. The van der Waals surface area contributed by atoms with Crippen molar-refractivity contribution in [1.82, 2.24) is 20.3 Å². The average molecular weight is 496 g/mol. The molecule has 172 valence electrons. The Morgan fingerprint density at radius 1 is 1.06 bits per heavy atom. The standard InChI is InChI=1S/C25H20Cl2FN5O/c26-19-5-1-3-15-8-10-32-24(21(15)19)33(17-4-2-9-29-14-17)25(34)18-7-6-16(13-20(18)28)22-23(27)31-12-11-30-22/h1,3,5-8,10-13,17,29H,2,4,9,14H2/t17-/m1/s1. The summed E-state index contributed by atoms with van der Waals surface area (Å²) in [6.07, 6.45) is 6.22. The molecule has 0 bridgehead atoms. The van der Waals surface area contributed by atoms with Gasteiger partial charge in [-0.05, 0) is 49.0 Å². The van der Waals surface area contributed by atoms with E-state index in [2.05, 4.69) is 20.3 Å². The summed E-state index contributed by atoms with van der Waals surface area (Å²) in [5.74, 6) is -0.741. The van der Waals surface area contributed by atoms with Crippen molar-refractivity contribution in [2.75, 3.05) is 18.0 Å². The van der Waals surface area contributed by atoms with E-state index in [0.717, 1.165) is 24.8 Å². The first-order valence-electron chi connectivity index (χ1n) is 10.9. The number of benzene rings is 2. The van der Waals surface area contributed by atoms with E-state index in [4.69, 9.17) is 23.2 Å². The molecule has 1 atom stereocenters. The zero-order chi connectivity index (χ0) is 23.7. The van der Waals surface area contributed by atoms with Gasteiger partial charge in [0.15, 0.2) is 5.15 Å². The van der Waals surface area contributed by atoms with E-state index < -0.39 is 11.7 Å². The van der Waals surface area contributed by atoms with Crippen molar-refractivity contribution in [2.24, 2.45) is 0 Å². The van der Waals surface area contributed by atoms with Gasteiger partial charge in [-0.15, -0.1) is 0 Å². The molecule has 1 saturated heterocycles. The molecule has 6 nitrogen and oxygen atoms in total. The first-order chi connectivity index (χ1) is 16.5. The normalized spacial score (nSPS) is 15.9. The molecule has 1 aliphatic heterocycles. The van der Waals surface area contributed by atoms with E-state index in [1.807, 2.05) is 18.2 Å². The van der Waals surface area contributed by atoms with Gasteiger partial charge < -0.3 is 5.32 Å². The van der Waals surface area contributed by atoms with E-state index >= 15 is 4.39 Å². The summed E-state index contributed by atoms with van der Waals surface area (Å²) in [6, 6.07) is 11.5. The fourth-order valence-electron chi connectivity index (χ4n) is 4.32. The molecule has 9 heteroatoms. The third kappa shape index (κ3) is 4.22. The highest BCUT2D eigenvalue weighted by atomic mass is 35.5. The molecule has 0 spiro atoms. The number of fused-ring (bicyclic) bond motifs is 1. The van der Waals surface area contributed by atoms with E-state index in [1.165, 1.54) is 24.5 Å². The second kappa shape index (κ2) is 9.62. The second-order valence-corrected chi connectivity index (χ2v) is 8.80. The van der Waals surface area contributed by atoms with Crippen molar-refractivity contribution >= 4 is 45.7 Å². The molecule has 0 radical (unpaired) electrons. The lowest BCUT2D eigenvalue weighted by Gasteiger charge is -2.34. The number of carbonyl (C=O) groups excluding carboxylic acids is 1. The third-order valence-electron chi connectivity index (χ3n) is 5.93. The van der Waals surface area contributed by atoms with Crippen LogP contribution in [0.4, 0.5) is 10.2 Å². The fraction of sp³-hybridized carbons (Fsp3) is 0.200. The van der Waals surface area contributed by atoms with Gasteiger partial charge in [-0.3, -0.25) is 14.7 Å². The Morgan fingerprint density at radius 2 is 1.91 bits per heavy atom. The zero-order valence-corrected chi connectivity index (χ0v) is 19.5. The summed E-state index contributed by atoms with van der Waals surface area (Å²) >= 11 is 12.7. The molecular formula is C25H20Cl2FN5O. The van der Waals surface area contributed by atoms with Crippen LogP contribution < -0.4 is 10.2 Å². The molecule has 1 amide bonds. The minimum atomic E-state index is -0.677.